The Morgan fingerprint density at radius 1 is 1.35 bits per heavy atom. The quantitative estimate of drug-likeness (QED) is 0.807. The van der Waals surface area contributed by atoms with Crippen LogP contribution in [0, 0.1) is 25.2 Å². The first-order valence-electron chi connectivity index (χ1n) is 6.13. The van der Waals surface area contributed by atoms with Crippen molar-refractivity contribution >= 4 is 11.8 Å². The number of methoxy groups -OCH3 is 1. The molecule has 0 aliphatic heterocycles. The van der Waals surface area contributed by atoms with E-state index in [1.54, 1.807) is 37.2 Å². The van der Waals surface area contributed by atoms with E-state index < -0.39 is 0 Å². The van der Waals surface area contributed by atoms with Crippen LogP contribution in [0.5, 0.6) is 5.75 Å². The molecule has 5 heteroatoms. The second kappa shape index (κ2) is 6.40. The lowest BCUT2D eigenvalue weighted by molar-refractivity contribution is 0.407. The Labute approximate surface area is 122 Å². The van der Waals surface area contributed by atoms with Crippen molar-refractivity contribution in [1.82, 2.24) is 9.97 Å². The summed E-state index contributed by atoms with van der Waals surface area (Å²) in [4.78, 5) is 8.70. The van der Waals surface area contributed by atoms with Gasteiger partial charge in [0.15, 0.2) is 0 Å². The van der Waals surface area contributed by atoms with Gasteiger partial charge in [-0.1, -0.05) is 11.8 Å². The Hall–Kier alpha value is -2.06. The lowest BCUT2D eigenvalue weighted by Gasteiger charge is -2.11. The molecule has 2 rings (SSSR count). The average Bonchev–Trinajstić information content (AvgIpc) is 2.47. The van der Waals surface area contributed by atoms with Gasteiger partial charge in [0, 0.05) is 29.3 Å². The summed E-state index contributed by atoms with van der Waals surface area (Å²) in [6.07, 6.45) is 3.47. The Bertz CT molecular complexity index is 665. The van der Waals surface area contributed by atoms with Crippen molar-refractivity contribution < 1.29 is 4.74 Å². The van der Waals surface area contributed by atoms with Gasteiger partial charge in [-0.2, -0.15) is 5.26 Å². The molecular formula is C15H15N3OS. The van der Waals surface area contributed by atoms with Gasteiger partial charge >= 0.3 is 0 Å². The lowest BCUT2D eigenvalue weighted by Crippen LogP contribution is -1.99. The predicted molar refractivity (Wildman–Crippen MR) is 78.8 cm³/mol. The largest absolute Gasteiger partial charge is 0.496 e. The van der Waals surface area contributed by atoms with Crippen LogP contribution in [0.1, 0.15) is 22.4 Å². The molecule has 102 valence electrons. The van der Waals surface area contributed by atoms with Gasteiger partial charge < -0.3 is 4.74 Å². The highest BCUT2D eigenvalue weighted by Crippen LogP contribution is 2.28. The smallest absolute Gasteiger partial charge is 0.128 e. The highest BCUT2D eigenvalue weighted by atomic mass is 32.2. The average molecular weight is 285 g/mol. The molecule has 20 heavy (non-hydrogen) atoms. The number of hydrogen-bond donors (Lipinski definition) is 0. The van der Waals surface area contributed by atoms with Crippen LogP contribution in [-0.4, -0.2) is 17.1 Å². The first-order chi connectivity index (χ1) is 9.65. The Balaban J connectivity index is 2.17. The van der Waals surface area contributed by atoms with Crippen LogP contribution >= 0.6 is 11.8 Å². The zero-order chi connectivity index (χ0) is 14.5. The van der Waals surface area contributed by atoms with E-state index in [0.717, 1.165) is 27.6 Å². The van der Waals surface area contributed by atoms with E-state index in [9.17, 15) is 0 Å². The fraction of sp³-hybridized carbons (Fsp3) is 0.267. The number of thioether (sulfide) groups is 1. The molecule has 0 N–H and O–H groups in total. The molecule has 0 radical (unpaired) electrons. The van der Waals surface area contributed by atoms with E-state index in [1.807, 2.05) is 20.0 Å². The minimum atomic E-state index is 0.619. The number of pyridine rings is 2. The molecule has 0 fully saturated rings. The number of nitriles is 1. The van der Waals surface area contributed by atoms with Gasteiger partial charge in [0.1, 0.15) is 5.75 Å². The molecular weight excluding hydrogens is 270 g/mol. The number of aryl methyl sites for hydroxylation is 1. The van der Waals surface area contributed by atoms with Crippen LogP contribution in [0.3, 0.4) is 0 Å². The van der Waals surface area contributed by atoms with E-state index in [0.29, 0.717) is 11.3 Å². The van der Waals surface area contributed by atoms with Gasteiger partial charge in [-0.3, -0.25) is 4.98 Å². The fourth-order valence-electron chi connectivity index (χ4n) is 1.92. The van der Waals surface area contributed by atoms with Crippen LogP contribution in [0.4, 0.5) is 0 Å². The highest BCUT2D eigenvalue weighted by Gasteiger charge is 2.10. The third-order valence-corrected chi connectivity index (χ3v) is 3.91. The van der Waals surface area contributed by atoms with Crippen LogP contribution in [0.25, 0.3) is 0 Å². The third-order valence-electron chi connectivity index (χ3n) is 2.97. The number of aromatic nitrogens is 2. The van der Waals surface area contributed by atoms with E-state index in [1.165, 1.54) is 0 Å². The molecule has 2 heterocycles. The number of rotatable bonds is 4. The van der Waals surface area contributed by atoms with E-state index in [-0.39, 0.29) is 0 Å². The summed E-state index contributed by atoms with van der Waals surface area (Å²) in [6, 6.07) is 5.59. The van der Waals surface area contributed by atoms with Gasteiger partial charge in [-0.15, -0.1) is 0 Å². The van der Waals surface area contributed by atoms with Crippen molar-refractivity contribution in [2.75, 3.05) is 7.11 Å². The van der Waals surface area contributed by atoms with Gasteiger partial charge in [0.2, 0.25) is 0 Å². The van der Waals surface area contributed by atoms with Crippen LogP contribution < -0.4 is 4.74 Å². The summed E-state index contributed by atoms with van der Waals surface area (Å²) in [5.41, 5.74) is 3.68. The van der Waals surface area contributed by atoms with Gasteiger partial charge in [-0.05, 0) is 26.0 Å². The molecule has 2 aromatic rings. The maximum absolute atomic E-state index is 8.87. The van der Waals surface area contributed by atoms with E-state index in [2.05, 4.69) is 16.0 Å². The standard InChI is InChI=1S/C15H15N3OS/c1-10-8-18-13(11(2)15(10)19-3)9-20-14-6-12(7-16)4-5-17-14/h4-6,8H,9H2,1-3H3. The molecule has 0 aliphatic carbocycles. The summed E-state index contributed by atoms with van der Waals surface area (Å²) in [6.45, 7) is 3.99. The molecule has 0 aromatic carbocycles. The molecule has 0 unspecified atom stereocenters. The van der Waals surface area contributed by atoms with E-state index in [4.69, 9.17) is 10.00 Å². The Kier molecular flexibility index (Phi) is 4.59. The van der Waals surface area contributed by atoms with Crippen molar-refractivity contribution in [3.8, 4) is 11.8 Å². The van der Waals surface area contributed by atoms with Crippen molar-refractivity contribution in [2.24, 2.45) is 0 Å². The fourth-order valence-corrected chi connectivity index (χ4v) is 2.84. The first-order valence-corrected chi connectivity index (χ1v) is 7.12. The Morgan fingerprint density at radius 2 is 2.15 bits per heavy atom. The monoisotopic (exact) mass is 285 g/mol. The minimum Gasteiger partial charge on any atom is -0.496 e. The molecule has 0 amide bonds. The van der Waals surface area contributed by atoms with Gasteiger partial charge in [0.25, 0.3) is 0 Å². The van der Waals surface area contributed by atoms with Crippen LogP contribution in [0.15, 0.2) is 29.6 Å². The maximum Gasteiger partial charge on any atom is 0.128 e. The molecule has 2 aromatic heterocycles. The van der Waals surface area contributed by atoms with Crippen LogP contribution in [-0.2, 0) is 5.75 Å². The van der Waals surface area contributed by atoms with E-state index >= 15 is 0 Å². The highest BCUT2D eigenvalue weighted by molar-refractivity contribution is 7.98. The molecule has 4 nitrogen and oxygen atoms in total. The molecule has 0 spiro atoms. The van der Waals surface area contributed by atoms with Crippen molar-refractivity contribution in [2.45, 2.75) is 24.6 Å². The predicted octanol–water partition coefficient (Wildman–Crippen LogP) is 3.27. The number of ether oxygens (including phenoxy) is 1. The second-order valence-corrected chi connectivity index (χ2v) is 5.33. The van der Waals surface area contributed by atoms with Crippen molar-refractivity contribution in [3.63, 3.8) is 0 Å². The summed E-state index contributed by atoms with van der Waals surface area (Å²) >= 11 is 1.56. The summed E-state index contributed by atoms with van der Waals surface area (Å²) in [5, 5.41) is 9.70. The molecule has 0 saturated heterocycles. The van der Waals surface area contributed by atoms with Gasteiger partial charge in [-0.25, -0.2) is 4.98 Å². The summed E-state index contributed by atoms with van der Waals surface area (Å²) < 4.78 is 5.40. The number of nitrogens with zero attached hydrogens (tertiary/aromatic N) is 3. The Morgan fingerprint density at radius 3 is 2.85 bits per heavy atom. The molecule has 0 aliphatic rings. The SMILES string of the molecule is COc1c(C)cnc(CSc2cc(C#N)ccn2)c1C. The van der Waals surface area contributed by atoms with Gasteiger partial charge in [0.05, 0.1) is 29.5 Å². The lowest BCUT2D eigenvalue weighted by atomic mass is 10.1. The van der Waals surface area contributed by atoms with Crippen LogP contribution in [0.2, 0.25) is 0 Å². The normalized spacial score (nSPS) is 10.1. The second-order valence-electron chi connectivity index (χ2n) is 4.33. The third kappa shape index (κ3) is 3.09. The summed E-state index contributed by atoms with van der Waals surface area (Å²) in [5.74, 6) is 1.58. The minimum absolute atomic E-state index is 0.619. The zero-order valence-electron chi connectivity index (χ0n) is 11.7. The van der Waals surface area contributed by atoms with Crippen molar-refractivity contribution in [3.05, 3.63) is 46.9 Å². The molecule has 0 bridgehead atoms. The number of hydrogen-bond acceptors (Lipinski definition) is 5. The molecule has 0 atom stereocenters. The summed E-state index contributed by atoms with van der Waals surface area (Å²) in [7, 11) is 1.67. The first kappa shape index (κ1) is 14.4. The molecule has 0 saturated carbocycles. The maximum atomic E-state index is 8.87. The van der Waals surface area contributed by atoms with Crippen molar-refractivity contribution in [1.29, 1.82) is 5.26 Å². The zero-order valence-corrected chi connectivity index (χ0v) is 12.5. The topological polar surface area (TPSA) is 58.8 Å².